The van der Waals surface area contributed by atoms with Crippen molar-refractivity contribution in [3.8, 4) is 11.3 Å². The minimum atomic E-state index is 0.204. The monoisotopic (exact) mass is 347 g/mol. The Hall–Kier alpha value is -2.62. The van der Waals surface area contributed by atoms with Gasteiger partial charge in [0.15, 0.2) is 0 Å². The van der Waals surface area contributed by atoms with Crippen molar-refractivity contribution in [2.75, 3.05) is 13.1 Å². The van der Waals surface area contributed by atoms with Gasteiger partial charge in [-0.15, -0.1) is 0 Å². The SMILES string of the molecule is Cc1ccn2c(CC(=O)N3CCCC3)c(-c3ccc(C)c(C)c3)nc2c1. The maximum atomic E-state index is 12.8. The second-order valence-electron chi connectivity index (χ2n) is 7.40. The minimum absolute atomic E-state index is 0.204. The van der Waals surface area contributed by atoms with E-state index in [1.54, 1.807) is 0 Å². The lowest BCUT2D eigenvalue weighted by Gasteiger charge is -2.15. The molecule has 0 N–H and O–H groups in total. The first-order chi connectivity index (χ1) is 12.5. The van der Waals surface area contributed by atoms with Crippen LogP contribution in [-0.2, 0) is 11.2 Å². The van der Waals surface area contributed by atoms with Crippen molar-refractivity contribution in [3.63, 3.8) is 0 Å². The molecule has 0 atom stereocenters. The van der Waals surface area contributed by atoms with Crippen LogP contribution in [0.3, 0.4) is 0 Å². The minimum Gasteiger partial charge on any atom is -0.342 e. The summed E-state index contributed by atoms with van der Waals surface area (Å²) in [6.45, 7) is 8.07. The molecule has 0 bridgehead atoms. The number of imidazole rings is 1. The lowest BCUT2D eigenvalue weighted by molar-refractivity contribution is -0.129. The van der Waals surface area contributed by atoms with Crippen LogP contribution in [0.25, 0.3) is 16.9 Å². The number of hydrogen-bond acceptors (Lipinski definition) is 2. The number of likely N-dealkylation sites (tertiary alicyclic amines) is 1. The number of amides is 1. The van der Waals surface area contributed by atoms with Crippen LogP contribution in [0.15, 0.2) is 36.5 Å². The zero-order valence-corrected chi connectivity index (χ0v) is 15.7. The number of pyridine rings is 1. The molecule has 26 heavy (non-hydrogen) atoms. The molecule has 134 valence electrons. The fourth-order valence-electron chi connectivity index (χ4n) is 3.71. The van der Waals surface area contributed by atoms with Crippen molar-refractivity contribution in [2.45, 2.75) is 40.0 Å². The summed E-state index contributed by atoms with van der Waals surface area (Å²) < 4.78 is 2.07. The third-order valence-corrected chi connectivity index (χ3v) is 5.44. The van der Waals surface area contributed by atoms with Crippen LogP contribution < -0.4 is 0 Å². The van der Waals surface area contributed by atoms with E-state index in [1.165, 1.54) is 16.7 Å². The molecule has 4 nitrogen and oxygen atoms in total. The van der Waals surface area contributed by atoms with Gasteiger partial charge in [0.25, 0.3) is 0 Å². The molecule has 4 rings (SSSR count). The normalized spacial score (nSPS) is 14.3. The number of aromatic nitrogens is 2. The highest BCUT2D eigenvalue weighted by Crippen LogP contribution is 2.28. The third kappa shape index (κ3) is 3.00. The molecular weight excluding hydrogens is 322 g/mol. The van der Waals surface area contributed by atoms with Crippen molar-refractivity contribution in [3.05, 3.63) is 58.9 Å². The van der Waals surface area contributed by atoms with Gasteiger partial charge in [0, 0.05) is 24.8 Å². The molecule has 0 radical (unpaired) electrons. The smallest absolute Gasteiger partial charge is 0.228 e. The van der Waals surface area contributed by atoms with Crippen molar-refractivity contribution in [1.82, 2.24) is 14.3 Å². The number of carbonyl (C=O) groups is 1. The third-order valence-electron chi connectivity index (χ3n) is 5.44. The maximum absolute atomic E-state index is 12.8. The summed E-state index contributed by atoms with van der Waals surface area (Å²) in [6.07, 6.45) is 4.66. The Morgan fingerprint density at radius 2 is 1.81 bits per heavy atom. The molecule has 1 aromatic carbocycles. The molecule has 0 spiro atoms. The lowest BCUT2D eigenvalue weighted by atomic mass is 10.0. The van der Waals surface area contributed by atoms with Crippen molar-refractivity contribution < 1.29 is 4.79 Å². The van der Waals surface area contributed by atoms with Crippen molar-refractivity contribution in [2.24, 2.45) is 0 Å². The summed E-state index contributed by atoms with van der Waals surface area (Å²) in [5, 5.41) is 0. The van der Waals surface area contributed by atoms with Gasteiger partial charge in [0.2, 0.25) is 5.91 Å². The molecule has 1 fully saturated rings. The number of benzene rings is 1. The van der Waals surface area contributed by atoms with Gasteiger partial charge in [0.1, 0.15) is 5.65 Å². The molecule has 3 heterocycles. The Balaban J connectivity index is 1.82. The Labute approximate surface area is 154 Å². The molecule has 4 heteroatoms. The Kier molecular flexibility index (Phi) is 4.27. The summed E-state index contributed by atoms with van der Waals surface area (Å²) in [7, 11) is 0. The average molecular weight is 347 g/mol. The molecule has 1 saturated heterocycles. The summed E-state index contributed by atoms with van der Waals surface area (Å²) in [4.78, 5) is 19.7. The summed E-state index contributed by atoms with van der Waals surface area (Å²) in [5.74, 6) is 0.204. The van der Waals surface area contributed by atoms with E-state index in [-0.39, 0.29) is 5.91 Å². The van der Waals surface area contributed by atoms with Crippen molar-refractivity contribution in [1.29, 1.82) is 0 Å². The number of fused-ring (bicyclic) bond motifs is 1. The molecule has 0 aliphatic carbocycles. The number of aryl methyl sites for hydroxylation is 3. The maximum Gasteiger partial charge on any atom is 0.228 e. The lowest BCUT2D eigenvalue weighted by Crippen LogP contribution is -2.29. The van der Waals surface area contributed by atoms with E-state index in [0.717, 1.165) is 48.5 Å². The Morgan fingerprint density at radius 1 is 1.04 bits per heavy atom. The first kappa shape index (κ1) is 16.8. The van der Waals surface area contributed by atoms with Crippen LogP contribution in [0.2, 0.25) is 0 Å². The van der Waals surface area contributed by atoms with E-state index >= 15 is 0 Å². The van der Waals surface area contributed by atoms with E-state index in [1.807, 2.05) is 11.1 Å². The number of rotatable bonds is 3. The topological polar surface area (TPSA) is 37.6 Å². The Morgan fingerprint density at radius 3 is 2.54 bits per heavy atom. The molecular formula is C22H25N3O. The molecule has 0 unspecified atom stereocenters. The van der Waals surface area contributed by atoms with Crippen molar-refractivity contribution >= 4 is 11.6 Å². The largest absolute Gasteiger partial charge is 0.342 e. The van der Waals surface area contributed by atoms with Gasteiger partial charge in [-0.25, -0.2) is 4.98 Å². The van der Waals surface area contributed by atoms with Crippen LogP contribution in [-0.4, -0.2) is 33.3 Å². The first-order valence-corrected chi connectivity index (χ1v) is 9.36. The van der Waals surface area contributed by atoms with Gasteiger partial charge < -0.3 is 9.30 Å². The predicted octanol–water partition coefficient (Wildman–Crippen LogP) is 4.09. The van der Waals surface area contributed by atoms with Gasteiger partial charge >= 0.3 is 0 Å². The van der Waals surface area contributed by atoms with E-state index in [9.17, 15) is 4.79 Å². The predicted molar refractivity (Wildman–Crippen MR) is 104 cm³/mol. The van der Waals surface area contributed by atoms with Crippen LogP contribution in [0.5, 0.6) is 0 Å². The zero-order valence-electron chi connectivity index (χ0n) is 15.7. The highest BCUT2D eigenvalue weighted by Gasteiger charge is 2.22. The average Bonchev–Trinajstić information content (AvgIpc) is 3.26. The van der Waals surface area contributed by atoms with Gasteiger partial charge in [-0.1, -0.05) is 12.1 Å². The van der Waals surface area contributed by atoms with Gasteiger partial charge in [-0.3, -0.25) is 4.79 Å². The summed E-state index contributed by atoms with van der Waals surface area (Å²) >= 11 is 0. The fourth-order valence-corrected chi connectivity index (χ4v) is 3.71. The second kappa shape index (κ2) is 6.60. The summed E-state index contributed by atoms with van der Waals surface area (Å²) in [5.41, 5.74) is 7.58. The van der Waals surface area contributed by atoms with Crippen LogP contribution in [0.4, 0.5) is 0 Å². The van der Waals surface area contributed by atoms with E-state index in [0.29, 0.717) is 6.42 Å². The molecule has 1 aliphatic rings. The van der Waals surface area contributed by atoms with Crippen LogP contribution in [0.1, 0.15) is 35.2 Å². The number of carbonyl (C=O) groups excluding carboxylic acids is 1. The van der Waals surface area contributed by atoms with E-state index < -0.39 is 0 Å². The molecule has 2 aromatic heterocycles. The van der Waals surface area contributed by atoms with E-state index in [4.69, 9.17) is 4.98 Å². The zero-order chi connectivity index (χ0) is 18.3. The first-order valence-electron chi connectivity index (χ1n) is 9.36. The highest BCUT2D eigenvalue weighted by molar-refractivity contribution is 5.82. The van der Waals surface area contributed by atoms with Crippen LogP contribution in [0, 0.1) is 20.8 Å². The standard InChI is InChI=1S/C22H25N3O/c1-15-8-11-25-19(14-21(26)24-9-4-5-10-24)22(23-20(25)12-15)18-7-6-16(2)17(3)13-18/h6-8,11-13H,4-5,9-10,14H2,1-3H3. The van der Waals surface area contributed by atoms with Crippen LogP contribution >= 0.6 is 0 Å². The van der Waals surface area contributed by atoms with Gasteiger partial charge in [-0.2, -0.15) is 0 Å². The number of nitrogens with zero attached hydrogens (tertiary/aromatic N) is 3. The molecule has 0 saturated carbocycles. The van der Waals surface area contributed by atoms with Gasteiger partial charge in [0.05, 0.1) is 17.8 Å². The van der Waals surface area contributed by atoms with E-state index in [2.05, 4.69) is 55.5 Å². The molecule has 3 aromatic rings. The van der Waals surface area contributed by atoms with Gasteiger partial charge in [-0.05, 0) is 68.5 Å². The fraction of sp³-hybridized carbons (Fsp3) is 0.364. The molecule has 1 aliphatic heterocycles. The summed E-state index contributed by atoms with van der Waals surface area (Å²) in [6, 6.07) is 10.6. The highest BCUT2D eigenvalue weighted by atomic mass is 16.2. The quantitative estimate of drug-likeness (QED) is 0.715. The second-order valence-corrected chi connectivity index (χ2v) is 7.40. The Bertz CT molecular complexity index is 980. The molecule has 1 amide bonds. The number of hydrogen-bond donors (Lipinski definition) is 0.